The highest BCUT2D eigenvalue weighted by Gasteiger charge is 2.23. The molecule has 0 bridgehead atoms. The van der Waals surface area contributed by atoms with E-state index in [1.165, 1.54) is 30.3 Å². The van der Waals surface area contributed by atoms with Gasteiger partial charge in [0.05, 0.1) is 20.5 Å². The summed E-state index contributed by atoms with van der Waals surface area (Å²) >= 11 is 11.8. The number of hydrogen-bond acceptors (Lipinski definition) is 7. The average Bonchev–Trinajstić information content (AvgIpc) is 2.65. The number of benzene rings is 2. The van der Waals surface area contributed by atoms with Crippen molar-refractivity contribution >= 4 is 57.9 Å². The molecule has 1 heterocycles. The highest BCUT2D eigenvalue weighted by atomic mass is 35.5. The fourth-order valence-corrected chi connectivity index (χ4v) is 2.58. The van der Waals surface area contributed by atoms with Gasteiger partial charge in [0, 0.05) is 11.4 Å². The van der Waals surface area contributed by atoms with Crippen LogP contribution in [0.2, 0.25) is 10.0 Å². The molecule has 1 aromatic heterocycles. The molecular formula is C17H11Cl2N5O4. The lowest BCUT2D eigenvalue weighted by molar-refractivity contribution is -0.383. The summed E-state index contributed by atoms with van der Waals surface area (Å²) in [5.74, 6) is -1.19. The number of rotatable bonds is 6. The number of carboxylic acids is 1. The molecule has 0 unspecified atom stereocenters. The smallest absolute Gasteiger partial charge is 0.353 e. The van der Waals surface area contributed by atoms with Crippen molar-refractivity contribution in [2.75, 3.05) is 10.6 Å². The third-order valence-electron chi connectivity index (χ3n) is 3.58. The van der Waals surface area contributed by atoms with E-state index in [0.29, 0.717) is 16.4 Å². The normalized spacial score (nSPS) is 10.4. The van der Waals surface area contributed by atoms with Crippen LogP contribution in [0.1, 0.15) is 10.4 Å². The number of halogens is 2. The zero-order valence-electron chi connectivity index (χ0n) is 13.9. The zero-order chi connectivity index (χ0) is 20.3. The maximum absolute atomic E-state index is 11.6. The molecule has 2 aromatic carbocycles. The number of nitrogens with zero attached hydrogens (tertiary/aromatic N) is 3. The summed E-state index contributed by atoms with van der Waals surface area (Å²) in [4.78, 5) is 29.7. The highest BCUT2D eigenvalue weighted by Crippen LogP contribution is 2.34. The molecule has 3 N–H and O–H groups in total. The Morgan fingerprint density at radius 2 is 1.54 bits per heavy atom. The first-order valence-corrected chi connectivity index (χ1v) is 8.42. The molecule has 0 atom stereocenters. The molecule has 0 radical (unpaired) electrons. The Hall–Kier alpha value is -3.43. The monoisotopic (exact) mass is 419 g/mol. The summed E-state index contributed by atoms with van der Waals surface area (Å²) in [6, 6.07) is 10.3. The van der Waals surface area contributed by atoms with Crippen molar-refractivity contribution in [3.05, 3.63) is 74.5 Å². The third-order valence-corrected chi connectivity index (χ3v) is 4.32. The number of nitro groups is 1. The lowest BCUT2D eigenvalue weighted by Gasteiger charge is -2.10. The van der Waals surface area contributed by atoms with E-state index in [0.717, 1.165) is 6.33 Å². The van der Waals surface area contributed by atoms with Gasteiger partial charge in [-0.05, 0) is 42.5 Å². The summed E-state index contributed by atoms with van der Waals surface area (Å²) in [6.45, 7) is 0. The topological polar surface area (TPSA) is 130 Å². The molecule has 9 nitrogen and oxygen atoms in total. The molecule has 0 aliphatic rings. The Balaban J connectivity index is 1.93. The molecule has 0 fully saturated rings. The van der Waals surface area contributed by atoms with E-state index in [4.69, 9.17) is 28.3 Å². The minimum Gasteiger partial charge on any atom is -0.478 e. The van der Waals surface area contributed by atoms with Crippen LogP contribution in [0.4, 0.5) is 28.7 Å². The minimum atomic E-state index is -1.08. The fraction of sp³-hybridized carbons (Fsp3) is 0. The average molecular weight is 420 g/mol. The van der Waals surface area contributed by atoms with Crippen LogP contribution in [0.25, 0.3) is 0 Å². The number of aromatic nitrogens is 2. The lowest BCUT2D eigenvalue weighted by atomic mass is 10.2. The second-order valence-corrected chi connectivity index (χ2v) is 6.25. The largest absolute Gasteiger partial charge is 0.478 e. The maximum atomic E-state index is 11.6. The Bertz CT molecular complexity index is 1060. The van der Waals surface area contributed by atoms with Crippen LogP contribution in [0.5, 0.6) is 0 Å². The zero-order valence-corrected chi connectivity index (χ0v) is 15.4. The van der Waals surface area contributed by atoms with Gasteiger partial charge in [-0.1, -0.05) is 23.2 Å². The van der Waals surface area contributed by atoms with Crippen LogP contribution in [0.3, 0.4) is 0 Å². The molecule has 142 valence electrons. The van der Waals surface area contributed by atoms with Gasteiger partial charge in [0.25, 0.3) is 0 Å². The van der Waals surface area contributed by atoms with Crippen LogP contribution >= 0.6 is 23.2 Å². The quantitative estimate of drug-likeness (QED) is 0.380. The van der Waals surface area contributed by atoms with E-state index < -0.39 is 16.6 Å². The predicted molar refractivity (Wildman–Crippen MR) is 105 cm³/mol. The summed E-state index contributed by atoms with van der Waals surface area (Å²) in [5.41, 5.74) is 0.570. The van der Waals surface area contributed by atoms with E-state index >= 15 is 0 Å². The van der Waals surface area contributed by atoms with E-state index in [1.807, 2.05) is 0 Å². The maximum Gasteiger partial charge on any atom is 0.353 e. The van der Waals surface area contributed by atoms with Crippen molar-refractivity contribution in [3.63, 3.8) is 0 Å². The molecule has 0 saturated heterocycles. The van der Waals surface area contributed by atoms with E-state index in [-0.39, 0.29) is 22.2 Å². The van der Waals surface area contributed by atoms with Crippen LogP contribution in [-0.2, 0) is 0 Å². The Morgan fingerprint density at radius 3 is 2.07 bits per heavy atom. The first-order chi connectivity index (χ1) is 13.3. The first kappa shape index (κ1) is 19.3. The van der Waals surface area contributed by atoms with E-state index in [9.17, 15) is 14.9 Å². The number of hydrogen-bond donors (Lipinski definition) is 3. The van der Waals surface area contributed by atoms with E-state index in [2.05, 4.69) is 20.6 Å². The Morgan fingerprint density at radius 1 is 0.964 bits per heavy atom. The molecule has 0 spiro atoms. The second-order valence-electron chi connectivity index (χ2n) is 5.44. The molecule has 0 saturated carbocycles. The summed E-state index contributed by atoms with van der Waals surface area (Å²) in [6.07, 6.45) is 1.15. The SMILES string of the molecule is O=C(O)c1ccc(Nc2ncnc(Nc3ccc(Cl)c(Cl)c3)c2[N+](=O)[O-])cc1. The molecule has 11 heteroatoms. The van der Waals surface area contributed by atoms with Crippen LogP contribution in [0, 0.1) is 10.1 Å². The molecule has 28 heavy (non-hydrogen) atoms. The lowest BCUT2D eigenvalue weighted by Crippen LogP contribution is -2.05. The van der Waals surface area contributed by atoms with Gasteiger partial charge in [-0.2, -0.15) is 0 Å². The molecule has 3 aromatic rings. The Kier molecular flexibility index (Phi) is 5.57. The number of carboxylic acid groups (broad SMARTS) is 1. The van der Waals surface area contributed by atoms with Gasteiger partial charge in [-0.15, -0.1) is 0 Å². The van der Waals surface area contributed by atoms with Gasteiger partial charge in [0.15, 0.2) is 0 Å². The van der Waals surface area contributed by atoms with Gasteiger partial charge in [0.1, 0.15) is 6.33 Å². The van der Waals surface area contributed by atoms with Gasteiger partial charge < -0.3 is 15.7 Å². The van der Waals surface area contributed by atoms with Crippen molar-refractivity contribution < 1.29 is 14.8 Å². The van der Waals surface area contributed by atoms with Gasteiger partial charge in [-0.3, -0.25) is 10.1 Å². The van der Waals surface area contributed by atoms with Crippen molar-refractivity contribution in [1.29, 1.82) is 0 Å². The first-order valence-electron chi connectivity index (χ1n) is 7.67. The number of nitrogens with one attached hydrogen (secondary N) is 2. The fourth-order valence-electron chi connectivity index (χ4n) is 2.28. The summed E-state index contributed by atoms with van der Waals surface area (Å²) < 4.78 is 0. The van der Waals surface area contributed by atoms with Crippen LogP contribution < -0.4 is 10.6 Å². The second kappa shape index (κ2) is 8.07. The van der Waals surface area contributed by atoms with Gasteiger partial charge in [-0.25, -0.2) is 14.8 Å². The molecule has 0 aliphatic carbocycles. The molecule has 0 aliphatic heterocycles. The minimum absolute atomic E-state index is 0.0527. The van der Waals surface area contributed by atoms with Crippen LogP contribution in [-0.4, -0.2) is 26.0 Å². The number of anilines is 4. The predicted octanol–water partition coefficient (Wildman–Crippen LogP) is 4.88. The molecular weight excluding hydrogens is 409 g/mol. The van der Waals surface area contributed by atoms with Crippen molar-refractivity contribution in [2.45, 2.75) is 0 Å². The standard InChI is InChI=1S/C17H11Cl2N5O4/c18-12-6-5-11(7-13(12)19)23-16-14(24(27)28)15(20-8-21-16)22-10-3-1-9(2-4-10)17(25)26/h1-8H,(H,25,26)(H2,20,21,22,23). The molecule has 3 rings (SSSR count). The number of aromatic carboxylic acids is 1. The number of carbonyl (C=O) groups is 1. The van der Waals surface area contributed by atoms with Crippen molar-refractivity contribution in [1.82, 2.24) is 9.97 Å². The van der Waals surface area contributed by atoms with Crippen LogP contribution in [0.15, 0.2) is 48.8 Å². The Labute approximate surface area is 168 Å². The van der Waals surface area contributed by atoms with Crippen molar-refractivity contribution in [3.8, 4) is 0 Å². The van der Waals surface area contributed by atoms with Gasteiger partial charge in [0.2, 0.25) is 11.6 Å². The summed E-state index contributed by atoms with van der Waals surface area (Å²) in [7, 11) is 0. The van der Waals surface area contributed by atoms with Gasteiger partial charge >= 0.3 is 11.7 Å². The third kappa shape index (κ3) is 4.27. The van der Waals surface area contributed by atoms with Crippen molar-refractivity contribution in [2.24, 2.45) is 0 Å². The highest BCUT2D eigenvalue weighted by molar-refractivity contribution is 6.42. The van der Waals surface area contributed by atoms with E-state index in [1.54, 1.807) is 12.1 Å². The summed E-state index contributed by atoms with van der Waals surface area (Å²) in [5, 5.41) is 26.8. The molecule has 0 amide bonds.